The summed E-state index contributed by atoms with van der Waals surface area (Å²) < 4.78 is 5.75. The third-order valence-corrected chi connectivity index (χ3v) is 5.23. The average Bonchev–Trinajstić information content (AvgIpc) is 3.20. The first-order chi connectivity index (χ1) is 11.4. The molecule has 3 fully saturated rings. The highest BCUT2D eigenvalue weighted by molar-refractivity contribution is 5.99. The van der Waals surface area contributed by atoms with Crippen LogP contribution in [0.4, 0.5) is 0 Å². The van der Waals surface area contributed by atoms with Crippen LogP contribution in [0.1, 0.15) is 46.0 Å². The molecule has 0 aromatic heterocycles. The molecule has 134 valence electrons. The van der Waals surface area contributed by atoms with Crippen molar-refractivity contribution in [1.82, 2.24) is 9.80 Å². The fourth-order valence-corrected chi connectivity index (χ4v) is 4.14. The molecule has 8 nitrogen and oxygen atoms in total. The molecular weight excluding hydrogens is 312 g/mol. The fourth-order valence-electron chi connectivity index (χ4n) is 4.14. The number of nitrogens with zero attached hydrogens (tertiary/aromatic N) is 4. The number of hydrogen-bond acceptors (Lipinski definition) is 4. The maximum Gasteiger partial charge on any atom is 0.280 e. The van der Waals surface area contributed by atoms with Gasteiger partial charge in [0.05, 0.1) is 12.2 Å². The summed E-state index contributed by atoms with van der Waals surface area (Å²) in [7, 11) is 0. The normalized spacial score (nSPS) is 28.9. The summed E-state index contributed by atoms with van der Waals surface area (Å²) in [5.74, 6) is 0.509. The second-order valence-electron chi connectivity index (χ2n) is 7.70. The Bertz CT molecular complexity index is 542. The molecule has 2 aliphatic heterocycles. The number of rotatable bonds is 4. The van der Waals surface area contributed by atoms with Crippen LogP contribution in [0.5, 0.6) is 0 Å². The van der Waals surface area contributed by atoms with Gasteiger partial charge < -0.3 is 9.64 Å². The zero-order valence-corrected chi connectivity index (χ0v) is 14.4. The van der Waals surface area contributed by atoms with Crippen LogP contribution in [0.15, 0.2) is 5.10 Å². The van der Waals surface area contributed by atoms with Crippen LogP contribution in [0.25, 0.3) is 0 Å². The molecule has 8 heteroatoms. The molecule has 1 amide bonds. The maximum atomic E-state index is 12.7. The van der Waals surface area contributed by atoms with Crippen molar-refractivity contribution >= 4 is 11.9 Å². The van der Waals surface area contributed by atoms with Gasteiger partial charge in [0, 0.05) is 31.5 Å². The lowest BCUT2D eigenvalue weighted by Crippen LogP contribution is -2.42. The van der Waals surface area contributed by atoms with Gasteiger partial charge in [0.25, 0.3) is 5.96 Å². The Morgan fingerprint density at radius 3 is 2.67 bits per heavy atom. The Labute approximate surface area is 142 Å². The molecule has 3 aliphatic rings. The van der Waals surface area contributed by atoms with E-state index in [2.05, 4.69) is 18.9 Å². The molecule has 0 aromatic rings. The molecule has 24 heavy (non-hydrogen) atoms. The van der Waals surface area contributed by atoms with Crippen LogP contribution >= 0.6 is 0 Å². The topological polar surface area (TPSA) is 88.3 Å². The monoisotopic (exact) mass is 338 g/mol. The van der Waals surface area contributed by atoms with Crippen molar-refractivity contribution in [2.24, 2.45) is 16.9 Å². The molecule has 0 N–H and O–H groups in total. The first-order valence-corrected chi connectivity index (χ1v) is 8.79. The SMILES string of the molecule is CC1(C)CC(CN2CCN(C(=O)C3CCCC3)C2=N[N+](=O)[O-])CO1. The standard InChI is InChI=1S/C16H26N4O4/c1-16(2)9-12(11-24-16)10-18-7-8-19(15(18)17-20(22)23)14(21)13-5-3-4-6-13/h12-13H,3-11H2,1-2H3. The molecule has 3 rings (SSSR count). The maximum absolute atomic E-state index is 12.7. The van der Waals surface area contributed by atoms with Gasteiger partial charge in [-0.05, 0) is 33.1 Å². The average molecular weight is 338 g/mol. The molecule has 2 heterocycles. The van der Waals surface area contributed by atoms with E-state index in [1.165, 1.54) is 4.90 Å². The van der Waals surface area contributed by atoms with Crippen LogP contribution in [0, 0.1) is 22.0 Å². The van der Waals surface area contributed by atoms with Gasteiger partial charge >= 0.3 is 0 Å². The number of hydrogen-bond donors (Lipinski definition) is 0. The lowest BCUT2D eigenvalue weighted by atomic mass is 9.97. The van der Waals surface area contributed by atoms with Crippen LogP contribution < -0.4 is 0 Å². The fraction of sp³-hybridized carbons (Fsp3) is 0.875. The van der Waals surface area contributed by atoms with Crippen molar-refractivity contribution in [3.8, 4) is 0 Å². The second kappa shape index (κ2) is 6.66. The number of nitro groups is 1. The molecule has 1 aliphatic carbocycles. The summed E-state index contributed by atoms with van der Waals surface area (Å²) >= 11 is 0. The first-order valence-electron chi connectivity index (χ1n) is 8.79. The Kier molecular flexibility index (Phi) is 4.76. The predicted octanol–water partition coefficient (Wildman–Crippen LogP) is 1.68. The summed E-state index contributed by atoms with van der Waals surface area (Å²) in [5, 5.41) is 13.8. The quantitative estimate of drug-likeness (QED) is 0.575. The van der Waals surface area contributed by atoms with Crippen molar-refractivity contribution in [1.29, 1.82) is 0 Å². The van der Waals surface area contributed by atoms with E-state index in [0.717, 1.165) is 32.1 Å². The van der Waals surface area contributed by atoms with E-state index < -0.39 is 5.03 Å². The van der Waals surface area contributed by atoms with Crippen LogP contribution in [-0.4, -0.2) is 58.5 Å². The van der Waals surface area contributed by atoms with Crippen molar-refractivity contribution < 1.29 is 14.6 Å². The zero-order valence-electron chi connectivity index (χ0n) is 14.4. The number of hydrazone groups is 1. The van der Waals surface area contributed by atoms with Gasteiger partial charge in [0.1, 0.15) is 5.10 Å². The number of carbonyl (C=O) groups excluding carboxylic acids is 1. The first kappa shape index (κ1) is 17.1. The van der Waals surface area contributed by atoms with Gasteiger partial charge in [-0.25, -0.2) is 10.1 Å². The molecule has 1 saturated carbocycles. The highest BCUT2D eigenvalue weighted by Gasteiger charge is 2.40. The van der Waals surface area contributed by atoms with E-state index in [0.29, 0.717) is 32.2 Å². The van der Waals surface area contributed by atoms with Crippen molar-refractivity contribution in [3.05, 3.63) is 10.1 Å². The third-order valence-electron chi connectivity index (χ3n) is 5.23. The summed E-state index contributed by atoms with van der Waals surface area (Å²) in [4.78, 5) is 27.1. The number of carbonyl (C=O) groups is 1. The number of amides is 1. The summed E-state index contributed by atoms with van der Waals surface area (Å²) in [6.07, 6.45) is 4.79. The molecule has 2 saturated heterocycles. The zero-order chi connectivity index (χ0) is 17.3. The molecule has 0 spiro atoms. The minimum atomic E-state index is -0.697. The minimum Gasteiger partial charge on any atom is -0.375 e. The smallest absolute Gasteiger partial charge is 0.280 e. The van der Waals surface area contributed by atoms with Gasteiger partial charge in [0.2, 0.25) is 5.91 Å². The predicted molar refractivity (Wildman–Crippen MR) is 87.8 cm³/mol. The van der Waals surface area contributed by atoms with Gasteiger partial charge in [0.15, 0.2) is 5.03 Å². The third kappa shape index (κ3) is 3.68. The minimum absolute atomic E-state index is 0.00129. The number of ether oxygens (including phenoxy) is 1. The Balaban J connectivity index is 1.71. The van der Waals surface area contributed by atoms with E-state index in [4.69, 9.17) is 4.74 Å². The molecule has 0 aromatic carbocycles. The van der Waals surface area contributed by atoms with Gasteiger partial charge in [-0.3, -0.25) is 9.69 Å². The van der Waals surface area contributed by atoms with Crippen molar-refractivity contribution in [2.75, 3.05) is 26.2 Å². The Morgan fingerprint density at radius 1 is 1.38 bits per heavy atom. The van der Waals surface area contributed by atoms with Gasteiger partial charge in [-0.2, -0.15) is 0 Å². The van der Waals surface area contributed by atoms with Gasteiger partial charge in [-0.15, -0.1) is 0 Å². The highest BCUT2D eigenvalue weighted by atomic mass is 16.7. The summed E-state index contributed by atoms with van der Waals surface area (Å²) in [6.45, 7) is 6.48. The van der Waals surface area contributed by atoms with Gasteiger partial charge in [-0.1, -0.05) is 12.8 Å². The molecule has 1 atom stereocenters. The van der Waals surface area contributed by atoms with Crippen LogP contribution in [0.3, 0.4) is 0 Å². The van der Waals surface area contributed by atoms with E-state index in [-0.39, 0.29) is 23.4 Å². The largest absolute Gasteiger partial charge is 0.375 e. The molecule has 0 bridgehead atoms. The molecule has 0 radical (unpaired) electrons. The van der Waals surface area contributed by atoms with Crippen molar-refractivity contribution in [2.45, 2.75) is 51.6 Å². The van der Waals surface area contributed by atoms with E-state index in [1.807, 2.05) is 4.90 Å². The van der Waals surface area contributed by atoms with Crippen LogP contribution in [-0.2, 0) is 9.53 Å². The second-order valence-corrected chi connectivity index (χ2v) is 7.70. The van der Waals surface area contributed by atoms with E-state index >= 15 is 0 Å². The van der Waals surface area contributed by atoms with Crippen molar-refractivity contribution in [3.63, 3.8) is 0 Å². The summed E-state index contributed by atoms with van der Waals surface area (Å²) in [5.41, 5.74) is -0.149. The van der Waals surface area contributed by atoms with E-state index in [9.17, 15) is 14.9 Å². The lowest BCUT2D eigenvalue weighted by molar-refractivity contribution is -0.486. The summed E-state index contributed by atoms with van der Waals surface area (Å²) in [6, 6.07) is 0. The number of guanidine groups is 1. The lowest BCUT2D eigenvalue weighted by Gasteiger charge is -2.23. The van der Waals surface area contributed by atoms with Crippen LogP contribution in [0.2, 0.25) is 0 Å². The Hall–Kier alpha value is -1.70. The van der Waals surface area contributed by atoms with E-state index in [1.54, 1.807) is 0 Å². The Morgan fingerprint density at radius 2 is 2.08 bits per heavy atom. The molecule has 1 unspecified atom stereocenters. The highest BCUT2D eigenvalue weighted by Crippen LogP contribution is 2.31. The molecular formula is C16H26N4O4.